The Hall–Kier alpha value is -4.32. The molecule has 9 rings (SSSR count). The third kappa shape index (κ3) is 1.35. The second kappa shape index (κ2) is 4.62. The van der Waals surface area contributed by atoms with Crippen molar-refractivity contribution in [2.24, 2.45) is 0 Å². The molecule has 148 valence electrons. The van der Waals surface area contributed by atoms with Crippen LogP contribution in [0.15, 0.2) is 73.2 Å². The molecule has 0 bridgehead atoms. The average Bonchev–Trinajstić information content (AvgIpc) is 3.45. The van der Waals surface area contributed by atoms with Crippen LogP contribution in [0, 0.1) is 6.92 Å². The van der Waals surface area contributed by atoms with Crippen molar-refractivity contribution in [3.63, 3.8) is 0 Å². The number of hydrogen-bond acceptors (Lipinski definition) is 3. The van der Waals surface area contributed by atoms with Gasteiger partial charge in [0.2, 0.25) is 11.2 Å². The molecule has 0 saturated carbocycles. The lowest BCUT2D eigenvalue weighted by Gasteiger charge is -2.23. The van der Waals surface area contributed by atoms with Crippen molar-refractivity contribution in [2.75, 3.05) is 0 Å². The number of pyridine rings is 3. The van der Waals surface area contributed by atoms with E-state index in [0.717, 1.165) is 39.7 Å². The summed E-state index contributed by atoms with van der Waals surface area (Å²) in [6.07, 6.45) is 6.04. The largest absolute Gasteiger partial charge is 0.504 e. The highest BCUT2D eigenvalue weighted by Crippen LogP contribution is 2.52. The predicted molar refractivity (Wildman–Crippen MR) is 117 cm³/mol. The van der Waals surface area contributed by atoms with Crippen molar-refractivity contribution in [1.82, 2.24) is 14.8 Å². The van der Waals surface area contributed by atoms with Gasteiger partial charge in [0, 0.05) is 29.9 Å². The summed E-state index contributed by atoms with van der Waals surface area (Å²) in [5.74, 6) is 1.03. The summed E-state index contributed by atoms with van der Waals surface area (Å²) in [6.45, 7) is 2.06. The number of aromatic nitrogens is 5. The zero-order chi connectivity index (χ0) is 20.8. The van der Waals surface area contributed by atoms with Crippen LogP contribution in [-0.4, -0.2) is 14.8 Å². The van der Waals surface area contributed by atoms with E-state index in [9.17, 15) is 0 Å². The monoisotopic (exact) mass is 413 g/mol. The molecule has 6 aromatic rings. The van der Waals surface area contributed by atoms with Gasteiger partial charge >= 0.3 is 11.7 Å². The van der Waals surface area contributed by atoms with E-state index in [1.54, 1.807) is 0 Å². The Balaban J connectivity index is 1.66. The van der Waals surface area contributed by atoms with Gasteiger partial charge in [0.25, 0.3) is 0 Å². The van der Waals surface area contributed by atoms with E-state index in [4.69, 9.17) is 9.84 Å². The van der Waals surface area contributed by atoms with Crippen LogP contribution in [0.25, 0.3) is 43.8 Å². The highest BCUT2D eigenvalue weighted by molar-refractivity contribution is 6.25. The van der Waals surface area contributed by atoms with Crippen LogP contribution in [-0.2, 0) is 5.79 Å². The molecule has 1 spiro atoms. The molecule has 1 atom stereocenters. The summed E-state index contributed by atoms with van der Waals surface area (Å²) in [5, 5.41) is 11.0. The molecule has 4 aromatic heterocycles. The Morgan fingerprint density at radius 2 is 1.94 bits per heavy atom. The highest BCUT2D eigenvalue weighted by atomic mass is 16.5. The van der Waals surface area contributed by atoms with Crippen molar-refractivity contribution < 1.29 is 13.9 Å². The molecular formula is C26H15N5O+2. The van der Waals surface area contributed by atoms with Gasteiger partial charge in [-0.25, -0.2) is 0 Å². The maximum atomic E-state index is 6.52. The van der Waals surface area contributed by atoms with E-state index >= 15 is 0 Å². The zero-order valence-electron chi connectivity index (χ0n) is 17.1. The second-order valence-electron chi connectivity index (χ2n) is 8.83. The van der Waals surface area contributed by atoms with Crippen LogP contribution in [0.3, 0.4) is 0 Å². The standard InChI is InChI=1S/C26H15N5O/c1-14-12-20-19-5-2-6-22-30(19)26(31(20)28-14)24-21(32-22)8-7-16-15-9-10-27-13-18(15)17-4-3-11-29(26)25(17)23(16)24/h2-13H,1H3/q+2. The van der Waals surface area contributed by atoms with Gasteiger partial charge in [-0.1, -0.05) is 4.57 Å². The van der Waals surface area contributed by atoms with E-state index in [1.807, 2.05) is 18.5 Å². The summed E-state index contributed by atoms with van der Waals surface area (Å²) < 4.78 is 13.4. The minimum atomic E-state index is -0.671. The van der Waals surface area contributed by atoms with Crippen LogP contribution in [0.5, 0.6) is 11.6 Å². The molecular weight excluding hydrogens is 398 g/mol. The lowest BCUT2D eigenvalue weighted by Crippen LogP contribution is -2.75. The fourth-order valence-electron chi connectivity index (χ4n) is 6.32. The maximum Gasteiger partial charge on any atom is 0.504 e. The van der Waals surface area contributed by atoms with Crippen LogP contribution in [0.2, 0.25) is 0 Å². The Bertz CT molecular complexity index is 1890. The topological polar surface area (TPSA) is 47.7 Å². The molecule has 0 aliphatic carbocycles. The van der Waals surface area contributed by atoms with Gasteiger partial charge in [0.15, 0.2) is 17.5 Å². The first-order valence-corrected chi connectivity index (χ1v) is 10.8. The van der Waals surface area contributed by atoms with E-state index in [-0.39, 0.29) is 0 Å². The number of rotatable bonds is 0. The summed E-state index contributed by atoms with van der Waals surface area (Å²) in [4.78, 5) is 4.45. The number of ether oxygens (including phenoxy) is 1. The molecule has 6 heteroatoms. The highest BCUT2D eigenvalue weighted by Gasteiger charge is 2.71. The molecule has 0 saturated heterocycles. The molecule has 6 nitrogen and oxygen atoms in total. The second-order valence-corrected chi connectivity index (χ2v) is 8.83. The van der Waals surface area contributed by atoms with Gasteiger partial charge in [-0.3, -0.25) is 4.98 Å². The van der Waals surface area contributed by atoms with Crippen molar-refractivity contribution in [3.05, 3.63) is 84.4 Å². The molecule has 3 aliphatic rings. The summed E-state index contributed by atoms with van der Waals surface area (Å²) in [6, 6.07) is 19.2. The van der Waals surface area contributed by atoms with Crippen LogP contribution < -0.4 is 13.9 Å². The van der Waals surface area contributed by atoms with E-state index in [2.05, 4.69) is 80.5 Å². The number of hydrogen-bond donors (Lipinski definition) is 0. The molecule has 0 fully saturated rings. The van der Waals surface area contributed by atoms with Crippen LogP contribution in [0.4, 0.5) is 0 Å². The van der Waals surface area contributed by atoms with E-state index in [1.165, 1.54) is 27.1 Å². The van der Waals surface area contributed by atoms with Crippen LogP contribution >= 0.6 is 0 Å². The third-order valence-corrected chi connectivity index (χ3v) is 7.34. The van der Waals surface area contributed by atoms with Gasteiger partial charge in [-0.15, -0.1) is 9.25 Å². The Labute approximate surface area is 181 Å². The van der Waals surface area contributed by atoms with Crippen molar-refractivity contribution in [1.29, 1.82) is 0 Å². The normalized spacial score (nSPS) is 18.5. The van der Waals surface area contributed by atoms with Gasteiger partial charge in [0.1, 0.15) is 5.69 Å². The van der Waals surface area contributed by atoms with Crippen molar-refractivity contribution >= 4 is 32.4 Å². The third-order valence-electron chi connectivity index (χ3n) is 7.34. The van der Waals surface area contributed by atoms with Crippen molar-refractivity contribution in [3.8, 4) is 23.0 Å². The molecule has 7 heterocycles. The first kappa shape index (κ1) is 15.5. The lowest BCUT2D eigenvalue weighted by molar-refractivity contribution is -0.969. The summed E-state index contributed by atoms with van der Waals surface area (Å²) >= 11 is 0. The number of fused-ring (bicyclic) bond motifs is 5. The first-order chi connectivity index (χ1) is 15.8. The van der Waals surface area contributed by atoms with E-state index < -0.39 is 5.79 Å². The molecule has 3 aliphatic heterocycles. The minimum absolute atomic E-state index is 0.671. The molecule has 0 N–H and O–H groups in total. The number of nitrogens with zero attached hydrogens (tertiary/aromatic N) is 5. The molecule has 0 amide bonds. The quantitative estimate of drug-likeness (QED) is 0.281. The van der Waals surface area contributed by atoms with Crippen LogP contribution in [0.1, 0.15) is 11.3 Å². The molecule has 2 aromatic carbocycles. The Kier molecular flexibility index (Phi) is 2.24. The van der Waals surface area contributed by atoms with Gasteiger partial charge < -0.3 is 4.74 Å². The number of aryl methyl sites for hydroxylation is 1. The lowest BCUT2D eigenvalue weighted by atomic mass is 9.94. The van der Waals surface area contributed by atoms with Gasteiger partial charge in [-0.2, -0.15) is 5.10 Å². The molecule has 32 heavy (non-hydrogen) atoms. The predicted octanol–water partition coefficient (Wildman–Crippen LogP) is 3.78. The first-order valence-electron chi connectivity index (χ1n) is 10.8. The average molecular weight is 413 g/mol. The summed E-state index contributed by atoms with van der Waals surface area (Å²) in [5.41, 5.74) is 5.55. The van der Waals surface area contributed by atoms with Gasteiger partial charge in [-0.05, 0) is 54.1 Å². The fraction of sp³-hybridized carbons (Fsp3) is 0.0769. The maximum absolute atomic E-state index is 6.52. The Morgan fingerprint density at radius 1 is 0.969 bits per heavy atom. The Morgan fingerprint density at radius 3 is 2.91 bits per heavy atom. The van der Waals surface area contributed by atoms with Crippen molar-refractivity contribution in [2.45, 2.75) is 12.7 Å². The van der Waals surface area contributed by atoms with E-state index in [0.29, 0.717) is 0 Å². The van der Waals surface area contributed by atoms with Gasteiger partial charge in [0.05, 0.1) is 22.5 Å². The molecule has 1 unspecified atom stereocenters. The number of benzene rings is 2. The zero-order valence-corrected chi connectivity index (χ0v) is 17.1. The SMILES string of the molecule is Cc1cc2n(n1)C13c4c(ccc5c6ccncc6c6ccc[n+]1c6c45)Oc1cccc-2[n+]13. The summed E-state index contributed by atoms with van der Waals surface area (Å²) in [7, 11) is 0. The smallest absolute Gasteiger partial charge is 0.404 e. The minimum Gasteiger partial charge on any atom is -0.404 e. The fourth-order valence-corrected chi connectivity index (χ4v) is 6.32. The molecule has 0 radical (unpaired) electrons.